The van der Waals surface area contributed by atoms with E-state index in [2.05, 4.69) is 0 Å². The zero-order valence-corrected chi connectivity index (χ0v) is 13.5. The number of aryl methyl sites for hydroxylation is 1. The monoisotopic (exact) mass is 311 g/mol. The fourth-order valence-electron chi connectivity index (χ4n) is 4.05. The first-order chi connectivity index (χ1) is 11.1. The quantitative estimate of drug-likeness (QED) is 0.848. The number of likely N-dealkylation sites (tertiary alicyclic amines) is 2. The number of rotatable bonds is 2. The SMILES string of the molecule is CCN1C[C@@H]2CN(C(=O)c3cc4ccccc4n3C)C[C@@H]2C1=O. The Bertz CT molecular complexity index is 795. The first-order valence-electron chi connectivity index (χ1n) is 8.22. The Morgan fingerprint density at radius 3 is 2.70 bits per heavy atom. The molecule has 0 radical (unpaired) electrons. The van der Waals surface area contributed by atoms with E-state index in [-0.39, 0.29) is 17.7 Å². The third-order valence-corrected chi connectivity index (χ3v) is 5.36. The van der Waals surface area contributed by atoms with Gasteiger partial charge in [-0.05, 0) is 19.1 Å². The molecule has 0 spiro atoms. The largest absolute Gasteiger partial charge is 0.342 e. The number of carbonyl (C=O) groups is 2. The molecule has 23 heavy (non-hydrogen) atoms. The van der Waals surface area contributed by atoms with Crippen molar-refractivity contribution < 1.29 is 9.59 Å². The van der Waals surface area contributed by atoms with Crippen LogP contribution in [0.15, 0.2) is 30.3 Å². The number of hydrogen-bond acceptors (Lipinski definition) is 2. The number of fused-ring (bicyclic) bond motifs is 2. The number of para-hydroxylation sites is 1. The number of nitrogens with zero attached hydrogens (tertiary/aromatic N) is 3. The van der Waals surface area contributed by atoms with Crippen molar-refractivity contribution in [1.29, 1.82) is 0 Å². The number of amides is 2. The third-order valence-electron chi connectivity index (χ3n) is 5.36. The minimum absolute atomic E-state index is 0.00594. The lowest BCUT2D eigenvalue weighted by atomic mass is 10.0. The van der Waals surface area contributed by atoms with E-state index in [4.69, 9.17) is 0 Å². The predicted octanol–water partition coefficient (Wildman–Crippen LogP) is 1.73. The van der Waals surface area contributed by atoms with Gasteiger partial charge in [0.2, 0.25) is 5.91 Å². The number of benzene rings is 1. The smallest absolute Gasteiger partial charge is 0.270 e. The second-order valence-corrected chi connectivity index (χ2v) is 6.60. The zero-order chi connectivity index (χ0) is 16.1. The van der Waals surface area contributed by atoms with E-state index in [0.29, 0.717) is 24.7 Å². The Balaban J connectivity index is 1.59. The molecule has 2 atom stereocenters. The topological polar surface area (TPSA) is 45.5 Å². The Labute approximate surface area is 135 Å². The van der Waals surface area contributed by atoms with E-state index in [1.165, 1.54) is 0 Å². The van der Waals surface area contributed by atoms with Crippen LogP contribution in [0.25, 0.3) is 10.9 Å². The summed E-state index contributed by atoms with van der Waals surface area (Å²) in [6.45, 7) is 4.81. The van der Waals surface area contributed by atoms with Crippen LogP contribution < -0.4 is 0 Å². The van der Waals surface area contributed by atoms with Crippen LogP contribution in [0.2, 0.25) is 0 Å². The predicted molar refractivity (Wildman–Crippen MR) is 88.1 cm³/mol. The van der Waals surface area contributed by atoms with Crippen molar-refractivity contribution in [2.75, 3.05) is 26.2 Å². The van der Waals surface area contributed by atoms with Gasteiger partial charge in [-0.2, -0.15) is 0 Å². The van der Waals surface area contributed by atoms with Gasteiger partial charge in [-0.3, -0.25) is 9.59 Å². The van der Waals surface area contributed by atoms with Crippen molar-refractivity contribution >= 4 is 22.7 Å². The van der Waals surface area contributed by atoms with Crippen LogP contribution in [0.3, 0.4) is 0 Å². The minimum Gasteiger partial charge on any atom is -0.342 e. The second kappa shape index (κ2) is 5.11. The van der Waals surface area contributed by atoms with Gasteiger partial charge in [-0.1, -0.05) is 18.2 Å². The van der Waals surface area contributed by atoms with Gasteiger partial charge in [0.15, 0.2) is 0 Å². The molecule has 120 valence electrons. The van der Waals surface area contributed by atoms with E-state index < -0.39 is 0 Å². The van der Waals surface area contributed by atoms with Crippen LogP contribution in [0.5, 0.6) is 0 Å². The summed E-state index contributed by atoms with van der Waals surface area (Å²) >= 11 is 0. The summed E-state index contributed by atoms with van der Waals surface area (Å²) in [5, 5.41) is 1.07. The molecular weight excluding hydrogens is 290 g/mol. The summed E-state index contributed by atoms with van der Waals surface area (Å²) in [6.07, 6.45) is 0. The maximum absolute atomic E-state index is 12.9. The first-order valence-corrected chi connectivity index (χ1v) is 8.22. The van der Waals surface area contributed by atoms with Crippen LogP contribution in [-0.4, -0.2) is 52.4 Å². The van der Waals surface area contributed by atoms with Crippen molar-refractivity contribution in [3.63, 3.8) is 0 Å². The van der Waals surface area contributed by atoms with Crippen molar-refractivity contribution in [3.05, 3.63) is 36.0 Å². The summed E-state index contributed by atoms with van der Waals surface area (Å²) < 4.78 is 1.95. The maximum Gasteiger partial charge on any atom is 0.270 e. The van der Waals surface area contributed by atoms with Crippen LogP contribution in [0.4, 0.5) is 0 Å². The summed E-state index contributed by atoms with van der Waals surface area (Å²) in [5.41, 5.74) is 1.76. The van der Waals surface area contributed by atoms with Gasteiger partial charge in [-0.15, -0.1) is 0 Å². The van der Waals surface area contributed by atoms with Gasteiger partial charge in [0, 0.05) is 50.0 Å². The molecule has 2 aromatic rings. The molecule has 2 amide bonds. The summed E-state index contributed by atoms with van der Waals surface area (Å²) in [7, 11) is 1.93. The molecule has 4 rings (SSSR count). The van der Waals surface area contributed by atoms with Gasteiger partial charge in [0.05, 0.1) is 5.92 Å². The highest BCUT2D eigenvalue weighted by atomic mass is 16.2. The number of hydrogen-bond donors (Lipinski definition) is 0. The normalized spacial score (nSPS) is 23.8. The van der Waals surface area contributed by atoms with E-state index in [0.717, 1.165) is 24.0 Å². The highest BCUT2D eigenvalue weighted by Crippen LogP contribution is 2.33. The zero-order valence-electron chi connectivity index (χ0n) is 13.5. The maximum atomic E-state index is 12.9. The van der Waals surface area contributed by atoms with Crippen molar-refractivity contribution in [3.8, 4) is 0 Å². The van der Waals surface area contributed by atoms with Crippen LogP contribution in [-0.2, 0) is 11.8 Å². The second-order valence-electron chi connectivity index (χ2n) is 6.60. The Hall–Kier alpha value is -2.30. The van der Waals surface area contributed by atoms with Crippen molar-refractivity contribution in [2.45, 2.75) is 6.92 Å². The number of carbonyl (C=O) groups excluding carboxylic acids is 2. The summed E-state index contributed by atoms with van der Waals surface area (Å²) in [5.74, 6) is 0.536. The van der Waals surface area contributed by atoms with Crippen LogP contribution in [0, 0.1) is 11.8 Å². The lowest BCUT2D eigenvalue weighted by molar-refractivity contribution is -0.130. The van der Waals surface area contributed by atoms with E-state index >= 15 is 0 Å². The lowest BCUT2D eigenvalue weighted by Gasteiger charge is -2.21. The molecule has 2 fully saturated rings. The van der Waals surface area contributed by atoms with Gasteiger partial charge in [0.25, 0.3) is 5.91 Å². The molecule has 0 N–H and O–H groups in total. The molecular formula is C18H21N3O2. The summed E-state index contributed by atoms with van der Waals surface area (Å²) in [4.78, 5) is 29.0. The first kappa shape index (κ1) is 14.3. The molecule has 5 nitrogen and oxygen atoms in total. The molecule has 1 aromatic carbocycles. The lowest BCUT2D eigenvalue weighted by Crippen LogP contribution is -2.36. The minimum atomic E-state index is -0.00594. The van der Waals surface area contributed by atoms with Crippen LogP contribution in [0.1, 0.15) is 17.4 Å². The molecule has 1 aromatic heterocycles. The van der Waals surface area contributed by atoms with Crippen molar-refractivity contribution in [2.24, 2.45) is 18.9 Å². The Kier molecular flexibility index (Phi) is 3.18. The van der Waals surface area contributed by atoms with Gasteiger partial charge < -0.3 is 14.4 Å². The highest BCUT2D eigenvalue weighted by Gasteiger charge is 2.47. The highest BCUT2D eigenvalue weighted by molar-refractivity contribution is 5.99. The molecule has 2 saturated heterocycles. The third kappa shape index (κ3) is 2.06. The van der Waals surface area contributed by atoms with Gasteiger partial charge in [-0.25, -0.2) is 0 Å². The molecule has 5 heteroatoms. The van der Waals surface area contributed by atoms with E-state index in [9.17, 15) is 9.59 Å². The van der Waals surface area contributed by atoms with E-state index in [1.807, 2.05) is 58.7 Å². The molecule has 0 saturated carbocycles. The molecule has 2 aliphatic heterocycles. The molecule has 0 bridgehead atoms. The molecule has 3 heterocycles. The molecule has 0 unspecified atom stereocenters. The Morgan fingerprint density at radius 2 is 2.00 bits per heavy atom. The van der Waals surface area contributed by atoms with Gasteiger partial charge in [0.1, 0.15) is 5.69 Å². The van der Waals surface area contributed by atoms with Gasteiger partial charge >= 0.3 is 0 Å². The summed E-state index contributed by atoms with van der Waals surface area (Å²) in [6, 6.07) is 9.95. The average molecular weight is 311 g/mol. The molecule has 2 aliphatic rings. The standard InChI is InChI=1S/C18H21N3O2/c1-3-20-9-13-10-21(11-14(13)17(20)22)18(23)16-8-12-6-4-5-7-15(12)19(16)2/h4-8,13-14H,3,9-11H2,1-2H3/t13-,14+/m1/s1. The Morgan fingerprint density at radius 1 is 1.22 bits per heavy atom. The van der Waals surface area contributed by atoms with Crippen LogP contribution >= 0.6 is 0 Å². The fraction of sp³-hybridized carbons (Fsp3) is 0.444. The molecule has 0 aliphatic carbocycles. The van der Waals surface area contributed by atoms with E-state index in [1.54, 1.807) is 0 Å². The average Bonchev–Trinajstić information content (AvgIpc) is 3.21. The number of aromatic nitrogens is 1. The fourth-order valence-corrected chi connectivity index (χ4v) is 4.05. The van der Waals surface area contributed by atoms with Crippen molar-refractivity contribution in [1.82, 2.24) is 14.4 Å².